The van der Waals surface area contributed by atoms with Gasteiger partial charge in [-0.15, -0.1) is 0 Å². The van der Waals surface area contributed by atoms with Crippen LogP contribution in [-0.4, -0.2) is 34.5 Å². The number of hydrogen-bond donors (Lipinski definition) is 1. The third-order valence-corrected chi connectivity index (χ3v) is 6.66. The normalized spacial score (nSPS) is 10.9. The Balaban J connectivity index is 1.79. The Morgan fingerprint density at radius 1 is 0.935 bits per heavy atom. The van der Waals surface area contributed by atoms with Gasteiger partial charge in [0.1, 0.15) is 0 Å². The van der Waals surface area contributed by atoms with E-state index in [-0.39, 0.29) is 26.7 Å². The Kier molecular flexibility index (Phi) is 6.62. The van der Waals surface area contributed by atoms with E-state index in [0.29, 0.717) is 5.69 Å². The van der Waals surface area contributed by atoms with Crippen molar-refractivity contribution in [2.24, 2.45) is 0 Å². The van der Waals surface area contributed by atoms with Gasteiger partial charge in [-0.2, -0.15) is 0 Å². The number of halogens is 1. The van der Waals surface area contributed by atoms with Gasteiger partial charge >= 0.3 is 5.97 Å². The number of methoxy groups -OCH3 is 1. The Labute approximate surface area is 185 Å². The van der Waals surface area contributed by atoms with Gasteiger partial charge in [0, 0.05) is 12.6 Å². The average Bonchev–Trinajstić information content (AvgIpc) is 2.80. The first-order chi connectivity index (χ1) is 14.7. The van der Waals surface area contributed by atoms with Gasteiger partial charge in [-0.1, -0.05) is 29.8 Å². The van der Waals surface area contributed by atoms with E-state index in [2.05, 4.69) is 10.1 Å². The number of nitrogens with one attached hydrogen (secondary N) is 1. The number of nitrogens with zero attached hydrogens (tertiary/aromatic N) is 1. The molecule has 0 saturated heterocycles. The van der Waals surface area contributed by atoms with Crippen molar-refractivity contribution in [3.05, 3.63) is 88.9 Å². The van der Waals surface area contributed by atoms with Gasteiger partial charge in [-0.25, -0.2) is 13.2 Å². The second-order valence-corrected chi connectivity index (χ2v) is 8.85. The predicted molar refractivity (Wildman–Crippen MR) is 119 cm³/mol. The lowest BCUT2D eigenvalue weighted by Gasteiger charge is -2.19. The van der Waals surface area contributed by atoms with Gasteiger partial charge < -0.3 is 10.1 Å². The minimum atomic E-state index is -3.72. The number of carbonyl (C=O) groups is 2. The topological polar surface area (TPSA) is 92.8 Å². The molecule has 0 aliphatic rings. The van der Waals surface area contributed by atoms with Crippen molar-refractivity contribution in [1.29, 1.82) is 0 Å². The fourth-order valence-corrected chi connectivity index (χ4v) is 4.15. The first-order valence-electron chi connectivity index (χ1n) is 9.07. The lowest BCUT2D eigenvalue weighted by Crippen LogP contribution is -2.26. The van der Waals surface area contributed by atoms with Crippen LogP contribution in [0.15, 0.2) is 77.7 Å². The standard InChI is InChI=1S/C22H19ClN2O5S/c1-25(31(28,29)18-6-4-3-5-7-18)17-11-8-15(9-12-17)21(26)24-20-14-16(22(27)30-2)10-13-19(20)23/h3-14H,1-2H3,(H,24,26). The van der Waals surface area contributed by atoms with E-state index in [0.717, 1.165) is 4.31 Å². The van der Waals surface area contributed by atoms with E-state index in [4.69, 9.17) is 11.6 Å². The number of hydrogen-bond acceptors (Lipinski definition) is 5. The molecule has 0 saturated carbocycles. The average molecular weight is 459 g/mol. The van der Waals surface area contributed by atoms with Crippen molar-refractivity contribution in [3.8, 4) is 0 Å². The number of anilines is 2. The molecule has 3 rings (SSSR count). The number of rotatable bonds is 6. The van der Waals surface area contributed by atoms with Crippen LogP contribution in [0.2, 0.25) is 5.02 Å². The summed E-state index contributed by atoms with van der Waals surface area (Å²) >= 11 is 6.11. The van der Waals surface area contributed by atoms with Gasteiger partial charge in [0.15, 0.2) is 0 Å². The first kappa shape index (κ1) is 22.3. The predicted octanol–water partition coefficient (Wildman–Crippen LogP) is 4.20. The van der Waals surface area contributed by atoms with E-state index >= 15 is 0 Å². The Hall–Kier alpha value is -3.36. The highest BCUT2D eigenvalue weighted by atomic mass is 35.5. The SMILES string of the molecule is COC(=O)c1ccc(Cl)c(NC(=O)c2ccc(N(C)S(=O)(=O)c3ccccc3)cc2)c1. The van der Waals surface area contributed by atoms with Crippen LogP contribution in [-0.2, 0) is 14.8 Å². The number of ether oxygens (including phenoxy) is 1. The van der Waals surface area contributed by atoms with Crippen molar-refractivity contribution in [2.45, 2.75) is 4.90 Å². The van der Waals surface area contributed by atoms with Crippen molar-refractivity contribution in [3.63, 3.8) is 0 Å². The maximum atomic E-state index is 12.7. The minimum Gasteiger partial charge on any atom is -0.465 e. The summed E-state index contributed by atoms with van der Waals surface area (Å²) in [5.41, 5.74) is 1.17. The van der Waals surface area contributed by atoms with Crippen molar-refractivity contribution >= 4 is 44.9 Å². The molecule has 1 N–H and O–H groups in total. The van der Waals surface area contributed by atoms with Crippen molar-refractivity contribution in [1.82, 2.24) is 0 Å². The first-order valence-corrected chi connectivity index (χ1v) is 10.9. The van der Waals surface area contributed by atoms with Crippen LogP contribution >= 0.6 is 11.6 Å². The quantitative estimate of drug-likeness (QED) is 0.559. The lowest BCUT2D eigenvalue weighted by molar-refractivity contribution is 0.0600. The summed E-state index contributed by atoms with van der Waals surface area (Å²) in [7, 11) is -1.03. The molecule has 0 spiro atoms. The van der Waals surface area contributed by atoms with Crippen LogP contribution in [0.3, 0.4) is 0 Å². The summed E-state index contributed by atoms with van der Waals surface area (Å²) in [4.78, 5) is 24.5. The molecule has 31 heavy (non-hydrogen) atoms. The maximum absolute atomic E-state index is 12.7. The van der Waals surface area contributed by atoms with Gasteiger partial charge in [0.25, 0.3) is 15.9 Å². The molecule has 0 aliphatic heterocycles. The van der Waals surface area contributed by atoms with Crippen LogP contribution < -0.4 is 9.62 Å². The number of carbonyl (C=O) groups excluding carboxylic acids is 2. The molecule has 0 aliphatic carbocycles. The zero-order valence-corrected chi connectivity index (χ0v) is 18.3. The molecular formula is C22H19ClN2O5S. The van der Waals surface area contributed by atoms with Gasteiger partial charge in [0.05, 0.1) is 34.0 Å². The Bertz CT molecular complexity index is 1210. The number of benzene rings is 3. The fourth-order valence-electron chi connectivity index (χ4n) is 2.77. The maximum Gasteiger partial charge on any atom is 0.337 e. The van der Waals surface area contributed by atoms with Gasteiger partial charge in [-0.05, 0) is 54.6 Å². The number of amides is 1. The van der Waals surface area contributed by atoms with E-state index in [1.54, 1.807) is 18.2 Å². The summed E-state index contributed by atoms with van der Waals surface area (Å²) < 4.78 is 31.3. The Morgan fingerprint density at radius 3 is 2.16 bits per heavy atom. The van der Waals surface area contributed by atoms with Crippen LogP contribution in [0.5, 0.6) is 0 Å². The molecule has 1 amide bonds. The molecule has 9 heteroatoms. The molecular weight excluding hydrogens is 440 g/mol. The molecule has 0 radical (unpaired) electrons. The molecule has 3 aromatic carbocycles. The molecule has 3 aromatic rings. The molecule has 0 unspecified atom stereocenters. The molecule has 0 bridgehead atoms. The molecule has 0 atom stereocenters. The van der Waals surface area contributed by atoms with Crippen LogP contribution in [0.25, 0.3) is 0 Å². The second kappa shape index (κ2) is 9.20. The molecule has 7 nitrogen and oxygen atoms in total. The summed E-state index contributed by atoms with van der Waals surface area (Å²) in [5.74, 6) is -1.02. The third kappa shape index (κ3) is 4.87. The zero-order chi connectivity index (χ0) is 22.6. The number of esters is 1. The summed E-state index contributed by atoms with van der Waals surface area (Å²) in [6.45, 7) is 0. The van der Waals surface area contributed by atoms with E-state index in [1.807, 2.05) is 0 Å². The van der Waals surface area contributed by atoms with Gasteiger partial charge in [0.2, 0.25) is 0 Å². The highest BCUT2D eigenvalue weighted by molar-refractivity contribution is 7.92. The van der Waals surface area contributed by atoms with Crippen LogP contribution in [0.4, 0.5) is 11.4 Å². The smallest absolute Gasteiger partial charge is 0.337 e. The summed E-state index contributed by atoms with van der Waals surface area (Å²) in [6, 6.07) is 18.5. The second-order valence-electron chi connectivity index (χ2n) is 6.47. The zero-order valence-electron chi connectivity index (χ0n) is 16.7. The van der Waals surface area contributed by atoms with Crippen LogP contribution in [0.1, 0.15) is 20.7 Å². The largest absolute Gasteiger partial charge is 0.465 e. The van der Waals surface area contributed by atoms with Crippen molar-refractivity contribution in [2.75, 3.05) is 23.8 Å². The highest BCUT2D eigenvalue weighted by Gasteiger charge is 2.21. The summed E-state index contributed by atoms with van der Waals surface area (Å²) in [6.07, 6.45) is 0. The third-order valence-electron chi connectivity index (χ3n) is 4.53. The fraction of sp³-hybridized carbons (Fsp3) is 0.0909. The minimum absolute atomic E-state index is 0.166. The summed E-state index contributed by atoms with van der Waals surface area (Å²) in [5, 5.41) is 2.90. The molecule has 0 fully saturated rings. The van der Waals surface area contributed by atoms with Gasteiger partial charge in [-0.3, -0.25) is 9.10 Å². The van der Waals surface area contributed by atoms with Crippen LogP contribution in [0, 0.1) is 0 Å². The van der Waals surface area contributed by atoms with E-state index < -0.39 is 21.9 Å². The molecule has 160 valence electrons. The number of sulfonamides is 1. The van der Waals surface area contributed by atoms with Crippen molar-refractivity contribution < 1.29 is 22.7 Å². The lowest BCUT2D eigenvalue weighted by atomic mass is 10.1. The monoisotopic (exact) mass is 458 g/mol. The van der Waals surface area contributed by atoms with E-state index in [9.17, 15) is 18.0 Å². The Morgan fingerprint density at radius 2 is 1.55 bits per heavy atom. The highest BCUT2D eigenvalue weighted by Crippen LogP contribution is 2.25. The molecule has 0 aromatic heterocycles. The molecule has 0 heterocycles. The van der Waals surface area contributed by atoms with E-state index in [1.165, 1.54) is 68.8 Å².